The highest BCUT2D eigenvalue weighted by Crippen LogP contribution is 2.23. The molecule has 0 bridgehead atoms. The Morgan fingerprint density at radius 2 is 1.84 bits per heavy atom. The van der Waals surface area contributed by atoms with Gasteiger partial charge in [-0.1, -0.05) is 47.1 Å². The maximum atomic E-state index is 6.12. The molecule has 0 atom stereocenters. The van der Waals surface area contributed by atoms with Crippen molar-refractivity contribution >= 4 is 35.0 Å². The van der Waals surface area contributed by atoms with Gasteiger partial charge < -0.3 is 14.2 Å². The van der Waals surface area contributed by atoms with Gasteiger partial charge in [-0.3, -0.25) is 0 Å². The summed E-state index contributed by atoms with van der Waals surface area (Å²) in [6.45, 7) is 1.31. The van der Waals surface area contributed by atoms with Crippen molar-refractivity contribution in [3.8, 4) is 11.3 Å². The molecule has 4 nitrogen and oxygen atoms in total. The van der Waals surface area contributed by atoms with Crippen LogP contribution in [0.15, 0.2) is 64.2 Å². The van der Waals surface area contributed by atoms with Gasteiger partial charge in [0.15, 0.2) is 0 Å². The summed E-state index contributed by atoms with van der Waals surface area (Å²) in [5.74, 6) is 0.736. The molecule has 0 saturated heterocycles. The molecule has 0 spiro atoms. The van der Waals surface area contributed by atoms with Crippen molar-refractivity contribution in [1.82, 2.24) is 4.90 Å². The summed E-state index contributed by atoms with van der Waals surface area (Å²) in [5, 5.41) is 6.45. The molecule has 0 amide bonds. The van der Waals surface area contributed by atoms with Crippen LogP contribution in [0.4, 0.5) is 0 Å². The second-order valence-corrected chi connectivity index (χ2v) is 6.17. The molecular weight excluding hydrogens is 359 g/mol. The minimum absolute atomic E-state index is 0. The van der Waals surface area contributed by atoms with Crippen molar-refractivity contribution in [2.45, 2.75) is 0 Å². The van der Waals surface area contributed by atoms with Gasteiger partial charge >= 0.3 is 0 Å². The zero-order valence-electron chi connectivity index (χ0n) is 14.1. The third-order valence-corrected chi connectivity index (χ3v) is 3.79. The highest BCUT2D eigenvalue weighted by atomic mass is 35.5. The Morgan fingerprint density at radius 1 is 1.08 bits per heavy atom. The predicted molar refractivity (Wildman–Crippen MR) is 104 cm³/mol. The third kappa shape index (κ3) is 4.98. The molecule has 132 valence electrons. The van der Waals surface area contributed by atoms with Gasteiger partial charge in [-0.25, -0.2) is 0 Å². The molecule has 0 aliphatic carbocycles. The largest absolute Gasteiger partial charge is 0.456 e. The van der Waals surface area contributed by atoms with E-state index in [-0.39, 0.29) is 12.4 Å². The van der Waals surface area contributed by atoms with E-state index in [4.69, 9.17) is 20.9 Å². The Hall–Kier alpha value is -2.01. The minimum Gasteiger partial charge on any atom is -0.456 e. The topological polar surface area (TPSA) is 38.0 Å². The summed E-state index contributed by atoms with van der Waals surface area (Å²) in [5.41, 5.74) is 1.70. The molecule has 0 radical (unpaired) electrons. The number of hydrogen-bond acceptors (Lipinski definition) is 4. The van der Waals surface area contributed by atoms with E-state index in [1.54, 1.807) is 6.07 Å². The van der Waals surface area contributed by atoms with Crippen LogP contribution in [0.5, 0.6) is 0 Å². The third-order valence-electron chi connectivity index (χ3n) is 3.56. The Morgan fingerprint density at radius 3 is 2.56 bits per heavy atom. The van der Waals surface area contributed by atoms with Crippen LogP contribution in [0.3, 0.4) is 0 Å². The van der Waals surface area contributed by atoms with Crippen LogP contribution in [-0.2, 0) is 4.84 Å². The van der Waals surface area contributed by atoms with E-state index in [0.717, 1.165) is 28.8 Å². The monoisotopic (exact) mass is 378 g/mol. The van der Waals surface area contributed by atoms with Gasteiger partial charge in [0, 0.05) is 28.6 Å². The lowest BCUT2D eigenvalue weighted by atomic mass is 10.1. The summed E-state index contributed by atoms with van der Waals surface area (Å²) in [6.07, 6.45) is 0. The summed E-state index contributed by atoms with van der Waals surface area (Å²) in [6, 6.07) is 17.3. The molecule has 0 unspecified atom stereocenters. The van der Waals surface area contributed by atoms with E-state index in [9.17, 15) is 0 Å². The quantitative estimate of drug-likeness (QED) is 0.482. The van der Waals surface area contributed by atoms with Gasteiger partial charge in [0.25, 0.3) is 0 Å². The first kappa shape index (κ1) is 19.3. The van der Waals surface area contributed by atoms with Crippen LogP contribution in [-0.4, -0.2) is 32.1 Å². The van der Waals surface area contributed by atoms with Gasteiger partial charge in [0.2, 0.25) is 0 Å². The number of hydrogen-bond donors (Lipinski definition) is 0. The Kier molecular flexibility index (Phi) is 6.88. The summed E-state index contributed by atoms with van der Waals surface area (Å²) in [7, 11) is 3.99. The van der Waals surface area contributed by atoms with Crippen molar-refractivity contribution in [3.63, 3.8) is 0 Å². The molecular formula is C19H20Cl2N2O2. The van der Waals surface area contributed by atoms with Crippen LogP contribution < -0.4 is 5.36 Å². The van der Waals surface area contributed by atoms with Crippen LogP contribution in [0.1, 0.15) is 0 Å². The molecule has 3 rings (SSSR count). The number of benzene rings is 2. The second-order valence-electron chi connectivity index (χ2n) is 5.73. The molecule has 0 aliphatic rings. The van der Waals surface area contributed by atoms with Crippen LogP contribution >= 0.6 is 24.0 Å². The number of fused-ring (bicyclic) bond motifs is 1. The predicted octanol–water partition coefficient (Wildman–Crippen LogP) is 4.57. The summed E-state index contributed by atoms with van der Waals surface area (Å²) in [4.78, 5) is 7.51. The minimum atomic E-state index is 0. The van der Waals surface area contributed by atoms with Crippen molar-refractivity contribution in [2.24, 2.45) is 5.16 Å². The average Bonchev–Trinajstić information content (AvgIpc) is 2.59. The fourth-order valence-electron chi connectivity index (χ4n) is 2.30. The first-order valence-corrected chi connectivity index (χ1v) is 8.11. The lowest BCUT2D eigenvalue weighted by Crippen LogP contribution is -2.17. The average molecular weight is 379 g/mol. The Bertz CT molecular complexity index is 893. The molecule has 0 fully saturated rings. The normalized spacial score (nSPS) is 11.6. The lowest BCUT2D eigenvalue weighted by Gasteiger charge is -2.08. The molecule has 0 aliphatic heterocycles. The first-order chi connectivity index (χ1) is 11.6. The van der Waals surface area contributed by atoms with E-state index in [0.29, 0.717) is 17.0 Å². The molecule has 6 heteroatoms. The zero-order chi connectivity index (χ0) is 16.9. The highest BCUT2D eigenvalue weighted by molar-refractivity contribution is 6.31. The fourth-order valence-corrected chi connectivity index (χ4v) is 2.47. The lowest BCUT2D eigenvalue weighted by molar-refractivity contribution is 0.117. The first-order valence-electron chi connectivity index (χ1n) is 7.73. The maximum Gasteiger partial charge on any atom is 0.137 e. The molecule has 0 N–H and O–H groups in total. The Balaban J connectivity index is 0.00000225. The van der Waals surface area contributed by atoms with E-state index in [1.165, 1.54) is 0 Å². The summed E-state index contributed by atoms with van der Waals surface area (Å²) >= 11 is 6.12. The van der Waals surface area contributed by atoms with E-state index in [2.05, 4.69) is 5.16 Å². The van der Waals surface area contributed by atoms with Crippen molar-refractivity contribution in [2.75, 3.05) is 27.2 Å². The van der Waals surface area contributed by atoms with Gasteiger partial charge in [-0.05, 0) is 32.3 Å². The molecule has 0 saturated carbocycles. The smallest absolute Gasteiger partial charge is 0.137 e. The zero-order valence-corrected chi connectivity index (χ0v) is 15.7. The van der Waals surface area contributed by atoms with Crippen LogP contribution in [0.2, 0.25) is 5.02 Å². The Labute approximate surface area is 158 Å². The highest BCUT2D eigenvalue weighted by Gasteiger charge is 2.07. The van der Waals surface area contributed by atoms with Gasteiger partial charge in [-0.2, -0.15) is 0 Å². The van der Waals surface area contributed by atoms with E-state index >= 15 is 0 Å². The van der Waals surface area contributed by atoms with E-state index < -0.39 is 0 Å². The molecule has 1 aromatic heterocycles. The molecule has 1 heterocycles. The SMILES string of the molecule is CN(C)CCO/N=c1/cc(-c2ccccc2)oc2ccc(Cl)cc12.Cl. The molecule has 2 aromatic carbocycles. The fraction of sp³-hybridized carbons (Fsp3) is 0.211. The number of likely N-dealkylation sites (N-methyl/N-ethyl adjacent to an activating group) is 1. The number of halogens is 2. The van der Waals surface area contributed by atoms with Gasteiger partial charge in [-0.15, -0.1) is 12.4 Å². The van der Waals surface area contributed by atoms with Gasteiger partial charge in [0.1, 0.15) is 23.3 Å². The molecule has 3 aromatic rings. The van der Waals surface area contributed by atoms with Crippen molar-refractivity contribution < 1.29 is 9.25 Å². The van der Waals surface area contributed by atoms with E-state index in [1.807, 2.05) is 67.5 Å². The van der Waals surface area contributed by atoms with Crippen molar-refractivity contribution in [3.05, 3.63) is 65.0 Å². The summed E-state index contributed by atoms with van der Waals surface area (Å²) < 4.78 is 6.01. The number of rotatable bonds is 5. The van der Waals surface area contributed by atoms with Gasteiger partial charge in [0.05, 0.1) is 0 Å². The van der Waals surface area contributed by atoms with Crippen LogP contribution in [0.25, 0.3) is 22.3 Å². The number of nitrogens with zero attached hydrogens (tertiary/aromatic N) is 2. The second kappa shape index (κ2) is 8.90. The van der Waals surface area contributed by atoms with Crippen LogP contribution in [0, 0.1) is 0 Å². The molecule has 25 heavy (non-hydrogen) atoms. The maximum absolute atomic E-state index is 6.12. The standard InChI is InChI=1S/C19H19ClN2O2.ClH/c1-22(2)10-11-23-21-17-13-19(14-6-4-3-5-7-14)24-18-9-8-15(20)12-16(17)18;/h3-9,12-13H,10-11H2,1-2H3;1H/b21-17-;. The van der Waals surface area contributed by atoms with Crippen molar-refractivity contribution in [1.29, 1.82) is 0 Å².